The molecular formula is C29H24N2O5S. The van der Waals surface area contributed by atoms with E-state index < -0.39 is 23.5 Å². The van der Waals surface area contributed by atoms with Crippen molar-refractivity contribution in [2.75, 3.05) is 11.5 Å². The first kappa shape index (κ1) is 24.3. The van der Waals surface area contributed by atoms with Gasteiger partial charge in [-0.25, -0.2) is 4.98 Å². The van der Waals surface area contributed by atoms with Crippen molar-refractivity contribution in [1.82, 2.24) is 4.98 Å². The Morgan fingerprint density at radius 1 is 1.11 bits per heavy atom. The van der Waals surface area contributed by atoms with E-state index in [1.54, 1.807) is 25.1 Å². The second kappa shape index (κ2) is 9.91. The highest BCUT2D eigenvalue weighted by atomic mass is 32.1. The number of thiazole rings is 1. The normalized spacial score (nSPS) is 15.8. The second-order valence-electron chi connectivity index (χ2n) is 8.58. The fourth-order valence-electron chi connectivity index (χ4n) is 4.29. The average Bonchev–Trinajstić information content (AvgIpc) is 3.42. The van der Waals surface area contributed by atoms with Gasteiger partial charge in [0.05, 0.1) is 28.4 Å². The third-order valence-electron chi connectivity index (χ3n) is 6.04. The molecule has 1 amide bonds. The van der Waals surface area contributed by atoms with Gasteiger partial charge in [0.2, 0.25) is 0 Å². The lowest BCUT2D eigenvalue weighted by molar-refractivity contribution is -0.117. The quantitative estimate of drug-likeness (QED) is 0.300. The van der Waals surface area contributed by atoms with Crippen LogP contribution in [0.2, 0.25) is 0 Å². The summed E-state index contributed by atoms with van der Waals surface area (Å²) >= 11 is 1.30. The van der Waals surface area contributed by atoms with Crippen LogP contribution in [0.5, 0.6) is 11.5 Å². The molecule has 0 bridgehead atoms. The number of benzene rings is 3. The summed E-state index contributed by atoms with van der Waals surface area (Å²) in [5, 5.41) is 21.6. The van der Waals surface area contributed by atoms with Crippen LogP contribution >= 0.6 is 11.3 Å². The number of aromatic hydroxyl groups is 1. The van der Waals surface area contributed by atoms with E-state index in [9.17, 15) is 19.8 Å². The fraction of sp³-hybridized carbons (Fsp3) is 0.138. The molecule has 7 nitrogen and oxygen atoms in total. The van der Waals surface area contributed by atoms with E-state index in [0.717, 1.165) is 15.8 Å². The highest BCUT2D eigenvalue weighted by Gasteiger charge is 2.45. The number of aliphatic hydroxyl groups excluding tert-OH is 1. The number of nitrogens with zero attached hydrogens (tertiary/aromatic N) is 2. The molecule has 2 heterocycles. The topological polar surface area (TPSA) is 100.0 Å². The summed E-state index contributed by atoms with van der Waals surface area (Å²) in [5.74, 6) is -1.71. The number of phenolic OH excluding ortho intramolecular Hbond substituents is 1. The lowest BCUT2D eigenvalue weighted by Gasteiger charge is -2.24. The largest absolute Gasteiger partial charge is 0.504 e. The third-order valence-corrected chi connectivity index (χ3v) is 7.06. The minimum Gasteiger partial charge on any atom is -0.504 e. The van der Waals surface area contributed by atoms with E-state index >= 15 is 0 Å². The molecule has 37 heavy (non-hydrogen) atoms. The molecule has 3 aromatic carbocycles. The summed E-state index contributed by atoms with van der Waals surface area (Å²) in [4.78, 5) is 32.8. The number of hydrogen-bond acceptors (Lipinski definition) is 7. The molecule has 0 radical (unpaired) electrons. The number of phenols is 1. The molecule has 0 aliphatic carbocycles. The SMILES string of the molecule is CCOc1cc(C2C(C(=O)/C=C/c3ccccc3)=C(O)C(=O)N2c2nc3ccc(C)cc3s2)ccc1O. The van der Waals surface area contributed by atoms with Gasteiger partial charge in [-0.05, 0) is 60.9 Å². The van der Waals surface area contributed by atoms with Crippen LogP contribution in [0.15, 0.2) is 84.1 Å². The molecule has 0 saturated heterocycles. The molecule has 5 rings (SSSR count). The Kier molecular flexibility index (Phi) is 6.50. The summed E-state index contributed by atoms with van der Waals surface area (Å²) in [6, 6.07) is 18.7. The summed E-state index contributed by atoms with van der Waals surface area (Å²) < 4.78 is 6.43. The first-order valence-electron chi connectivity index (χ1n) is 11.7. The predicted molar refractivity (Wildman–Crippen MR) is 144 cm³/mol. The minimum atomic E-state index is -0.970. The van der Waals surface area contributed by atoms with Crippen molar-refractivity contribution in [3.63, 3.8) is 0 Å². The van der Waals surface area contributed by atoms with E-state index in [4.69, 9.17) is 4.74 Å². The van der Waals surface area contributed by atoms with Crippen LogP contribution in [0.25, 0.3) is 16.3 Å². The van der Waals surface area contributed by atoms with Crippen LogP contribution in [0, 0.1) is 6.92 Å². The van der Waals surface area contributed by atoms with Crippen LogP contribution in [-0.2, 0) is 9.59 Å². The zero-order valence-corrected chi connectivity index (χ0v) is 21.0. The van der Waals surface area contributed by atoms with Crippen molar-refractivity contribution < 1.29 is 24.5 Å². The molecule has 2 N–H and O–H groups in total. The minimum absolute atomic E-state index is 0.0676. The number of amides is 1. The summed E-state index contributed by atoms with van der Waals surface area (Å²) in [6.45, 7) is 4.07. The molecule has 1 unspecified atom stereocenters. The fourth-order valence-corrected chi connectivity index (χ4v) is 5.38. The Labute approximate surface area is 217 Å². The number of ether oxygens (including phenoxy) is 1. The van der Waals surface area contributed by atoms with Crippen molar-refractivity contribution in [1.29, 1.82) is 0 Å². The number of aliphatic hydroxyl groups is 1. The van der Waals surface area contributed by atoms with Gasteiger partial charge < -0.3 is 14.9 Å². The summed E-state index contributed by atoms with van der Waals surface area (Å²) in [7, 11) is 0. The zero-order chi connectivity index (χ0) is 26.1. The van der Waals surface area contributed by atoms with Gasteiger partial charge in [0.25, 0.3) is 5.91 Å². The maximum absolute atomic E-state index is 13.4. The van der Waals surface area contributed by atoms with Gasteiger partial charge in [0.1, 0.15) is 0 Å². The molecule has 8 heteroatoms. The molecular weight excluding hydrogens is 488 g/mol. The van der Waals surface area contributed by atoms with Gasteiger partial charge in [-0.3, -0.25) is 14.5 Å². The number of ketones is 1. The molecule has 1 aromatic heterocycles. The molecule has 1 atom stereocenters. The standard InChI is InChI=1S/C29H24N2O5S/c1-3-36-23-16-19(11-14-21(23)32)26-25(22(33)13-10-18-7-5-4-6-8-18)27(34)28(35)31(26)29-30-20-12-9-17(2)15-24(20)37-29/h4-16,26,32,34H,3H2,1-2H3/b13-10+. The van der Waals surface area contributed by atoms with Crippen molar-refractivity contribution in [3.8, 4) is 11.5 Å². The number of carbonyl (C=O) groups is 2. The van der Waals surface area contributed by atoms with Crippen molar-refractivity contribution in [2.45, 2.75) is 19.9 Å². The average molecular weight is 513 g/mol. The molecule has 186 valence electrons. The van der Waals surface area contributed by atoms with Gasteiger partial charge in [-0.2, -0.15) is 0 Å². The monoisotopic (exact) mass is 512 g/mol. The zero-order valence-electron chi connectivity index (χ0n) is 20.2. The van der Waals surface area contributed by atoms with E-state index in [2.05, 4.69) is 4.98 Å². The Morgan fingerprint density at radius 2 is 1.89 bits per heavy atom. The number of aryl methyl sites for hydroxylation is 1. The second-order valence-corrected chi connectivity index (χ2v) is 9.59. The number of allylic oxidation sites excluding steroid dienone is 1. The number of rotatable bonds is 7. The van der Waals surface area contributed by atoms with Gasteiger partial charge >= 0.3 is 0 Å². The predicted octanol–water partition coefficient (Wildman–Crippen LogP) is 5.89. The van der Waals surface area contributed by atoms with Crippen LogP contribution in [0.4, 0.5) is 5.13 Å². The third kappa shape index (κ3) is 4.59. The van der Waals surface area contributed by atoms with Gasteiger partial charge in [-0.1, -0.05) is 59.9 Å². The smallest absolute Gasteiger partial charge is 0.296 e. The Bertz CT molecular complexity index is 1570. The summed E-state index contributed by atoms with van der Waals surface area (Å²) in [5.41, 5.74) is 2.99. The number of carbonyl (C=O) groups excluding carboxylic acids is 2. The Hall–Kier alpha value is -4.43. The number of fused-ring (bicyclic) bond motifs is 1. The molecule has 0 spiro atoms. The highest BCUT2D eigenvalue weighted by Crippen LogP contribution is 2.45. The summed E-state index contributed by atoms with van der Waals surface area (Å²) in [6.07, 6.45) is 2.98. The van der Waals surface area contributed by atoms with Crippen LogP contribution in [-0.4, -0.2) is 33.5 Å². The number of anilines is 1. The van der Waals surface area contributed by atoms with Crippen LogP contribution < -0.4 is 9.64 Å². The number of aromatic nitrogens is 1. The Balaban J connectivity index is 1.63. The maximum Gasteiger partial charge on any atom is 0.296 e. The number of hydrogen-bond donors (Lipinski definition) is 2. The van der Waals surface area contributed by atoms with E-state index in [0.29, 0.717) is 22.8 Å². The van der Waals surface area contributed by atoms with Gasteiger partial charge in [-0.15, -0.1) is 0 Å². The van der Waals surface area contributed by atoms with Crippen LogP contribution in [0.1, 0.15) is 29.7 Å². The van der Waals surface area contributed by atoms with E-state index in [-0.39, 0.29) is 17.1 Å². The van der Waals surface area contributed by atoms with Gasteiger partial charge in [0, 0.05) is 0 Å². The van der Waals surface area contributed by atoms with Crippen molar-refractivity contribution >= 4 is 44.5 Å². The first-order chi connectivity index (χ1) is 17.9. The lowest BCUT2D eigenvalue weighted by Crippen LogP contribution is -2.30. The highest BCUT2D eigenvalue weighted by molar-refractivity contribution is 7.22. The molecule has 1 aliphatic rings. The van der Waals surface area contributed by atoms with Crippen molar-refractivity contribution in [2.24, 2.45) is 0 Å². The Morgan fingerprint density at radius 3 is 2.65 bits per heavy atom. The molecule has 0 saturated carbocycles. The maximum atomic E-state index is 13.4. The van der Waals surface area contributed by atoms with Crippen LogP contribution in [0.3, 0.4) is 0 Å². The van der Waals surface area contributed by atoms with Crippen molar-refractivity contribution in [3.05, 3.63) is 101 Å². The van der Waals surface area contributed by atoms with Gasteiger partial charge in [0.15, 0.2) is 28.2 Å². The lowest BCUT2D eigenvalue weighted by atomic mass is 9.95. The molecule has 1 aliphatic heterocycles. The molecule has 4 aromatic rings. The first-order valence-corrected chi connectivity index (χ1v) is 12.6. The molecule has 0 fully saturated rings. The van der Waals surface area contributed by atoms with E-state index in [1.165, 1.54) is 28.4 Å². The van der Waals surface area contributed by atoms with E-state index in [1.807, 2.05) is 55.5 Å².